The molecule has 11 N–H and O–H groups in total. The van der Waals surface area contributed by atoms with Crippen molar-refractivity contribution in [2.45, 2.75) is 64.1 Å². The van der Waals surface area contributed by atoms with Crippen LogP contribution in [-0.2, 0) is 24.0 Å². The van der Waals surface area contributed by atoms with Gasteiger partial charge in [-0.3, -0.25) is 29.0 Å². The second-order valence-corrected chi connectivity index (χ2v) is 7.85. The van der Waals surface area contributed by atoms with Crippen molar-refractivity contribution in [3.63, 3.8) is 0 Å². The molecule has 0 heterocycles. The fourth-order valence-electron chi connectivity index (χ4n) is 2.76. The number of aliphatic imine (C=N–C) groups is 1. The Morgan fingerprint density at radius 1 is 0.879 bits per heavy atom. The maximum atomic E-state index is 12.8. The number of hydrogen-bond acceptors (Lipinski definition) is 7. The average Bonchev–Trinajstić information content (AvgIpc) is 2.70. The van der Waals surface area contributed by atoms with Gasteiger partial charge in [0.1, 0.15) is 18.6 Å². The molecule has 188 valence electrons. The van der Waals surface area contributed by atoms with Crippen LogP contribution in [0.5, 0.6) is 0 Å². The summed E-state index contributed by atoms with van der Waals surface area (Å²) in [5, 5.41) is 24.8. The molecule has 0 spiro atoms. The normalized spacial score (nSPS) is 13.3. The van der Waals surface area contributed by atoms with Gasteiger partial charge in [-0.25, -0.2) is 0 Å². The number of nitrogens with two attached hydrogens (primary N) is 3. The van der Waals surface area contributed by atoms with Gasteiger partial charge in [-0.05, 0) is 31.6 Å². The Morgan fingerprint density at radius 3 is 1.97 bits per heavy atom. The molecule has 0 bridgehead atoms. The van der Waals surface area contributed by atoms with Gasteiger partial charge in [0.2, 0.25) is 17.7 Å². The quantitative estimate of drug-likeness (QED) is 0.0661. The SMILES string of the molecule is CC(C)CC(N)C(=O)NC(CCC(=O)O)C(=O)NC(CCCN=C(N)N)C(=O)NCC(=O)O. The third kappa shape index (κ3) is 14.3. The minimum Gasteiger partial charge on any atom is -0.481 e. The highest BCUT2D eigenvalue weighted by Gasteiger charge is 2.28. The number of carboxylic acids is 2. The van der Waals surface area contributed by atoms with Crippen LogP contribution < -0.4 is 33.2 Å². The molecule has 0 aromatic heterocycles. The zero-order chi connectivity index (χ0) is 25.6. The number of carbonyl (C=O) groups excluding carboxylic acids is 3. The van der Waals surface area contributed by atoms with Crippen molar-refractivity contribution in [1.82, 2.24) is 16.0 Å². The summed E-state index contributed by atoms with van der Waals surface area (Å²) in [6.07, 6.45) is 0.0240. The van der Waals surface area contributed by atoms with Crippen LogP contribution >= 0.6 is 0 Å². The standard InChI is InChI=1S/C19H35N7O7/c1-10(2)8-11(20)16(31)25-13(5-6-14(27)28)18(33)26-12(4-3-7-23-19(21)22)17(32)24-9-15(29)30/h10-13H,3-9,20H2,1-2H3,(H,24,32)(H,25,31)(H,26,33)(H,27,28)(H,29,30)(H4,21,22,23). The molecule has 0 aliphatic rings. The molecule has 14 nitrogen and oxygen atoms in total. The molecule has 3 atom stereocenters. The van der Waals surface area contributed by atoms with Crippen LogP contribution in [0.15, 0.2) is 4.99 Å². The first-order valence-electron chi connectivity index (χ1n) is 10.5. The van der Waals surface area contributed by atoms with E-state index in [1.54, 1.807) is 0 Å². The molecule has 33 heavy (non-hydrogen) atoms. The molecule has 3 unspecified atom stereocenters. The summed E-state index contributed by atoms with van der Waals surface area (Å²) < 4.78 is 0. The van der Waals surface area contributed by atoms with Crippen LogP contribution in [0, 0.1) is 5.92 Å². The lowest BCUT2D eigenvalue weighted by atomic mass is 10.0. The Labute approximate surface area is 191 Å². The van der Waals surface area contributed by atoms with Gasteiger partial charge in [0.25, 0.3) is 0 Å². The Bertz CT molecular complexity index is 723. The van der Waals surface area contributed by atoms with E-state index in [9.17, 15) is 24.0 Å². The van der Waals surface area contributed by atoms with E-state index in [0.29, 0.717) is 6.42 Å². The molecular weight excluding hydrogens is 438 g/mol. The lowest BCUT2D eigenvalue weighted by Crippen LogP contribution is -2.56. The topological polar surface area (TPSA) is 252 Å². The van der Waals surface area contributed by atoms with Crippen LogP contribution in [0.1, 0.15) is 46.0 Å². The third-order valence-corrected chi connectivity index (χ3v) is 4.33. The Hall–Kier alpha value is -3.42. The molecule has 14 heteroatoms. The Kier molecular flexibility index (Phi) is 13.8. The van der Waals surface area contributed by atoms with Crippen LogP contribution in [0.3, 0.4) is 0 Å². The smallest absolute Gasteiger partial charge is 0.322 e. The van der Waals surface area contributed by atoms with E-state index in [2.05, 4.69) is 20.9 Å². The molecular formula is C19H35N7O7. The third-order valence-electron chi connectivity index (χ3n) is 4.33. The van der Waals surface area contributed by atoms with Crippen molar-refractivity contribution in [3.8, 4) is 0 Å². The number of nitrogens with zero attached hydrogens (tertiary/aromatic N) is 1. The van der Waals surface area contributed by atoms with Gasteiger partial charge in [0.05, 0.1) is 6.04 Å². The number of amides is 3. The molecule has 0 aliphatic heterocycles. The average molecular weight is 474 g/mol. The predicted octanol–water partition coefficient (Wildman–Crippen LogP) is -2.55. The molecule has 0 saturated heterocycles. The van der Waals surface area contributed by atoms with Gasteiger partial charge >= 0.3 is 11.9 Å². The van der Waals surface area contributed by atoms with Crippen LogP contribution in [0.25, 0.3) is 0 Å². The van der Waals surface area contributed by atoms with Crippen molar-refractivity contribution in [2.75, 3.05) is 13.1 Å². The van der Waals surface area contributed by atoms with E-state index in [1.807, 2.05) is 13.8 Å². The Balaban J connectivity index is 5.38. The zero-order valence-corrected chi connectivity index (χ0v) is 18.9. The minimum absolute atomic E-state index is 0.0560. The summed E-state index contributed by atoms with van der Waals surface area (Å²) in [5.74, 6) is -4.70. The van der Waals surface area contributed by atoms with Crippen molar-refractivity contribution in [3.05, 3.63) is 0 Å². The van der Waals surface area contributed by atoms with E-state index in [0.717, 1.165) is 0 Å². The number of carbonyl (C=O) groups is 5. The highest BCUT2D eigenvalue weighted by molar-refractivity contribution is 5.93. The number of aliphatic carboxylic acids is 2. The van der Waals surface area contributed by atoms with Crippen molar-refractivity contribution in [2.24, 2.45) is 28.1 Å². The predicted molar refractivity (Wildman–Crippen MR) is 119 cm³/mol. The first kappa shape index (κ1) is 29.6. The number of carboxylic acid groups (broad SMARTS) is 2. The lowest BCUT2D eigenvalue weighted by molar-refractivity contribution is -0.138. The number of guanidine groups is 1. The van der Waals surface area contributed by atoms with Crippen LogP contribution in [0.4, 0.5) is 0 Å². The summed E-state index contributed by atoms with van der Waals surface area (Å²) in [6, 6.07) is -3.33. The number of rotatable bonds is 16. The lowest BCUT2D eigenvalue weighted by Gasteiger charge is -2.24. The van der Waals surface area contributed by atoms with Gasteiger partial charge in [0, 0.05) is 13.0 Å². The summed E-state index contributed by atoms with van der Waals surface area (Å²) in [5.41, 5.74) is 16.3. The molecule has 3 amide bonds. The van der Waals surface area contributed by atoms with Crippen molar-refractivity contribution in [1.29, 1.82) is 0 Å². The van der Waals surface area contributed by atoms with Gasteiger partial charge in [-0.2, -0.15) is 0 Å². The van der Waals surface area contributed by atoms with E-state index in [4.69, 9.17) is 27.4 Å². The fourth-order valence-corrected chi connectivity index (χ4v) is 2.76. The fraction of sp³-hybridized carbons (Fsp3) is 0.684. The first-order chi connectivity index (χ1) is 15.3. The largest absolute Gasteiger partial charge is 0.481 e. The summed E-state index contributed by atoms with van der Waals surface area (Å²) in [4.78, 5) is 63.0. The summed E-state index contributed by atoms with van der Waals surface area (Å²) >= 11 is 0. The van der Waals surface area contributed by atoms with Crippen molar-refractivity contribution >= 4 is 35.6 Å². The molecule has 0 rings (SSSR count). The van der Waals surface area contributed by atoms with E-state index >= 15 is 0 Å². The zero-order valence-electron chi connectivity index (χ0n) is 18.9. The van der Waals surface area contributed by atoms with Crippen LogP contribution in [-0.4, -0.2) is 77.0 Å². The van der Waals surface area contributed by atoms with E-state index in [-0.39, 0.29) is 37.7 Å². The number of nitrogens with one attached hydrogen (secondary N) is 3. The molecule has 0 saturated carbocycles. The van der Waals surface area contributed by atoms with Gasteiger partial charge in [-0.1, -0.05) is 13.8 Å². The second kappa shape index (κ2) is 15.4. The minimum atomic E-state index is -1.28. The van der Waals surface area contributed by atoms with Crippen molar-refractivity contribution < 1.29 is 34.2 Å². The molecule has 0 aliphatic carbocycles. The highest BCUT2D eigenvalue weighted by Crippen LogP contribution is 2.06. The Morgan fingerprint density at radius 2 is 1.45 bits per heavy atom. The second-order valence-electron chi connectivity index (χ2n) is 7.85. The van der Waals surface area contributed by atoms with Gasteiger partial charge < -0.3 is 43.4 Å². The molecule has 0 aromatic rings. The first-order valence-corrected chi connectivity index (χ1v) is 10.5. The van der Waals surface area contributed by atoms with E-state index in [1.165, 1.54) is 0 Å². The molecule has 0 fully saturated rings. The molecule has 0 aromatic carbocycles. The summed E-state index contributed by atoms with van der Waals surface area (Å²) in [6.45, 7) is 3.22. The van der Waals surface area contributed by atoms with E-state index < -0.39 is 60.8 Å². The monoisotopic (exact) mass is 473 g/mol. The maximum absolute atomic E-state index is 12.8. The maximum Gasteiger partial charge on any atom is 0.322 e. The van der Waals surface area contributed by atoms with Gasteiger partial charge in [-0.15, -0.1) is 0 Å². The van der Waals surface area contributed by atoms with Gasteiger partial charge in [0.15, 0.2) is 5.96 Å². The number of hydrogen-bond donors (Lipinski definition) is 8. The van der Waals surface area contributed by atoms with Crippen LogP contribution in [0.2, 0.25) is 0 Å². The molecule has 0 radical (unpaired) electrons. The summed E-state index contributed by atoms with van der Waals surface area (Å²) in [7, 11) is 0. The highest BCUT2D eigenvalue weighted by atomic mass is 16.4.